The van der Waals surface area contributed by atoms with Gasteiger partial charge in [0.05, 0.1) is 19.1 Å². The largest absolute Gasteiger partial charge is 0.370 e. The number of hydroxylamine groups is 3. The molecule has 7 atom stereocenters. The van der Waals surface area contributed by atoms with Crippen LogP contribution < -0.4 is 10.6 Å². The highest BCUT2D eigenvalue weighted by molar-refractivity contribution is 7.85. The molecule has 0 aromatic rings. The van der Waals surface area contributed by atoms with E-state index in [1.165, 1.54) is 12.8 Å². The van der Waals surface area contributed by atoms with Crippen LogP contribution >= 0.6 is 0 Å². The molecule has 5 fully saturated rings. The van der Waals surface area contributed by atoms with Gasteiger partial charge in [-0.25, -0.2) is 5.21 Å². The summed E-state index contributed by atoms with van der Waals surface area (Å²) in [7, 11) is -0.691. The second-order valence-corrected chi connectivity index (χ2v) is 17.0. The predicted octanol–water partition coefficient (Wildman–Crippen LogP) is 3.57. The van der Waals surface area contributed by atoms with Gasteiger partial charge in [-0.3, -0.25) is 18.7 Å². The number of carbonyl (C=O) groups is 2. The summed E-state index contributed by atoms with van der Waals surface area (Å²) in [5, 5.41) is 17.4. The van der Waals surface area contributed by atoms with Crippen molar-refractivity contribution in [3.63, 3.8) is 0 Å². The van der Waals surface area contributed by atoms with Crippen molar-refractivity contribution < 1.29 is 28.4 Å². The Morgan fingerprint density at radius 3 is 2.34 bits per heavy atom. The van der Waals surface area contributed by atoms with Crippen LogP contribution in [0.1, 0.15) is 85.5 Å². The first-order valence-electron chi connectivity index (χ1n) is 17.9. The van der Waals surface area contributed by atoms with Crippen molar-refractivity contribution in [3.05, 3.63) is 0 Å². The zero-order chi connectivity index (χ0) is 31.4. The van der Waals surface area contributed by atoms with Crippen LogP contribution in [0.3, 0.4) is 0 Å². The highest BCUT2D eigenvalue weighted by Crippen LogP contribution is 2.46. The summed E-state index contributed by atoms with van der Waals surface area (Å²) in [5.41, 5.74) is 0. The standard InChI is InChI=1S/C34H60N4O5S/c1-5-37(29-10-16-44(42)17-11-29)32-20-28(27-8-6-26(7-9-27)22-38(41)12-14-43-15-13-38)19-30(25(32)4)33(39)35-21-31-23(2)18-24(3)36-34(31)40/h23-32,41H,5-22H2,1-4H3,(H-,35,36,39,40)/p+1. The van der Waals surface area contributed by atoms with Crippen molar-refractivity contribution in [2.75, 3.05) is 57.4 Å². The molecule has 9 nitrogen and oxygen atoms in total. The molecule has 5 rings (SSSR count). The lowest BCUT2D eigenvalue weighted by Gasteiger charge is -2.50. The van der Waals surface area contributed by atoms with Gasteiger partial charge in [0.1, 0.15) is 19.6 Å². The molecule has 0 aromatic carbocycles. The second-order valence-electron chi connectivity index (χ2n) is 15.3. The zero-order valence-corrected chi connectivity index (χ0v) is 28.7. The van der Waals surface area contributed by atoms with Crippen molar-refractivity contribution in [2.45, 2.75) is 104 Å². The molecule has 252 valence electrons. The molecule has 3 heterocycles. The van der Waals surface area contributed by atoms with E-state index in [1.54, 1.807) is 0 Å². The Hall–Kier alpha value is -1.07. The van der Waals surface area contributed by atoms with Gasteiger partial charge in [-0.05, 0) is 94.9 Å². The van der Waals surface area contributed by atoms with E-state index in [4.69, 9.17) is 4.74 Å². The van der Waals surface area contributed by atoms with Crippen molar-refractivity contribution in [3.8, 4) is 0 Å². The third kappa shape index (κ3) is 8.25. The average Bonchev–Trinajstić information content (AvgIpc) is 2.99. The quantitative estimate of drug-likeness (QED) is 0.334. The smallest absolute Gasteiger partial charge is 0.225 e. The predicted molar refractivity (Wildman–Crippen MR) is 173 cm³/mol. The summed E-state index contributed by atoms with van der Waals surface area (Å²) < 4.78 is 17.8. The number of hydrogen-bond acceptors (Lipinski definition) is 6. The van der Waals surface area contributed by atoms with E-state index in [2.05, 4.69) is 43.2 Å². The minimum atomic E-state index is -0.691. The highest BCUT2D eigenvalue weighted by atomic mass is 32.2. The van der Waals surface area contributed by atoms with Crippen LogP contribution in [0.15, 0.2) is 0 Å². The average molecular weight is 638 g/mol. The van der Waals surface area contributed by atoms with Gasteiger partial charge in [0.15, 0.2) is 0 Å². The lowest BCUT2D eigenvalue weighted by molar-refractivity contribution is -1.11. The van der Waals surface area contributed by atoms with Crippen molar-refractivity contribution in [1.82, 2.24) is 15.5 Å². The lowest BCUT2D eigenvalue weighted by Crippen LogP contribution is -2.56. The fourth-order valence-corrected chi connectivity index (χ4v) is 11.0. The number of amides is 2. The van der Waals surface area contributed by atoms with Gasteiger partial charge in [-0.2, -0.15) is 4.65 Å². The van der Waals surface area contributed by atoms with Gasteiger partial charge in [0, 0.05) is 58.8 Å². The molecule has 5 aliphatic rings. The molecule has 0 aromatic heterocycles. The zero-order valence-electron chi connectivity index (χ0n) is 27.9. The highest BCUT2D eigenvalue weighted by Gasteiger charge is 2.46. The van der Waals surface area contributed by atoms with Gasteiger partial charge in [-0.15, -0.1) is 0 Å². The molecule has 0 spiro atoms. The van der Waals surface area contributed by atoms with Gasteiger partial charge >= 0.3 is 0 Å². The van der Waals surface area contributed by atoms with Crippen LogP contribution in [0.25, 0.3) is 0 Å². The third-order valence-corrected chi connectivity index (χ3v) is 13.8. The summed E-state index contributed by atoms with van der Waals surface area (Å²) in [6.07, 6.45) is 9.61. The monoisotopic (exact) mass is 637 g/mol. The molecule has 3 saturated heterocycles. The van der Waals surface area contributed by atoms with E-state index in [0.717, 1.165) is 69.5 Å². The summed E-state index contributed by atoms with van der Waals surface area (Å²) in [6, 6.07) is 0.964. The summed E-state index contributed by atoms with van der Waals surface area (Å²) in [4.78, 5) is 29.4. The second kappa shape index (κ2) is 15.2. The maximum Gasteiger partial charge on any atom is 0.225 e. The van der Waals surface area contributed by atoms with Crippen molar-refractivity contribution in [1.29, 1.82) is 0 Å². The van der Waals surface area contributed by atoms with Crippen LogP contribution in [-0.4, -0.2) is 106 Å². The summed E-state index contributed by atoms with van der Waals surface area (Å²) in [6.45, 7) is 13.6. The Balaban J connectivity index is 1.26. The molecular weight excluding hydrogens is 576 g/mol. The number of nitrogens with zero attached hydrogens (tertiary/aromatic N) is 2. The molecule has 10 heteroatoms. The third-order valence-electron chi connectivity index (χ3n) is 12.4. The van der Waals surface area contributed by atoms with Gasteiger partial charge in [-0.1, -0.05) is 20.8 Å². The topological polar surface area (TPSA) is 108 Å². The van der Waals surface area contributed by atoms with Crippen LogP contribution in [0.2, 0.25) is 0 Å². The van der Waals surface area contributed by atoms with Crippen LogP contribution in [0.4, 0.5) is 0 Å². The molecule has 2 aliphatic carbocycles. The maximum absolute atomic E-state index is 14.0. The lowest BCUT2D eigenvalue weighted by atomic mass is 9.63. The molecule has 0 radical (unpaired) electrons. The first kappa shape index (κ1) is 34.3. The number of nitrogens with one attached hydrogen (secondary N) is 2. The minimum absolute atomic E-state index is 0.0660. The van der Waals surface area contributed by atoms with Gasteiger partial charge in [0.2, 0.25) is 11.8 Å². The van der Waals surface area contributed by atoms with E-state index in [9.17, 15) is 19.0 Å². The fraction of sp³-hybridized carbons (Fsp3) is 0.941. The van der Waals surface area contributed by atoms with E-state index in [1.807, 2.05) is 0 Å². The molecule has 2 amide bonds. The van der Waals surface area contributed by atoms with Gasteiger partial charge < -0.3 is 15.4 Å². The molecule has 0 bridgehead atoms. The number of rotatable bonds is 9. The van der Waals surface area contributed by atoms with Crippen molar-refractivity contribution >= 4 is 22.6 Å². The number of morpholine rings is 1. The van der Waals surface area contributed by atoms with E-state index >= 15 is 0 Å². The maximum atomic E-state index is 14.0. The Morgan fingerprint density at radius 2 is 1.70 bits per heavy atom. The first-order chi connectivity index (χ1) is 21.1. The normalized spacial score (nSPS) is 41.6. The van der Waals surface area contributed by atoms with E-state index < -0.39 is 10.8 Å². The summed E-state index contributed by atoms with van der Waals surface area (Å²) >= 11 is 0. The molecule has 44 heavy (non-hydrogen) atoms. The summed E-state index contributed by atoms with van der Waals surface area (Å²) in [5.74, 6) is 3.67. The number of hydrogen-bond donors (Lipinski definition) is 3. The fourth-order valence-electron chi connectivity index (χ4n) is 9.69. The Kier molecular flexibility index (Phi) is 11.9. The molecule has 3 aliphatic heterocycles. The van der Waals surface area contributed by atoms with Crippen LogP contribution in [0.5, 0.6) is 0 Å². The Bertz CT molecular complexity index is 990. The van der Waals surface area contributed by atoms with Crippen LogP contribution in [0, 0.1) is 41.4 Å². The van der Waals surface area contributed by atoms with Crippen LogP contribution in [-0.2, 0) is 25.1 Å². The minimum Gasteiger partial charge on any atom is -0.370 e. The molecule has 3 N–H and O–H groups in total. The first-order valence-corrected chi connectivity index (χ1v) is 19.4. The molecule has 7 unspecified atom stereocenters. The molecular formula is C34H61N4O5S+. The number of quaternary nitrogens is 1. The Morgan fingerprint density at radius 1 is 1.02 bits per heavy atom. The van der Waals surface area contributed by atoms with Gasteiger partial charge in [0.25, 0.3) is 0 Å². The number of piperidine rings is 1. The Labute approximate surface area is 268 Å². The molecule has 2 saturated carbocycles. The number of ether oxygens (including phenoxy) is 1. The number of carbonyl (C=O) groups excluding carboxylic acids is 2. The van der Waals surface area contributed by atoms with E-state index in [-0.39, 0.29) is 46.2 Å². The van der Waals surface area contributed by atoms with Crippen molar-refractivity contribution in [2.24, 2.45) is 41.4 Å². The van der Waals surface area contributed by atoms with E-state index in [0.29, 0.717) is 62.7 Å². The SMILES string of the molecule is CCN(C1CCS(=O)CC1)C1CC(C2CCC(C[N+]3(O)CCOCC3)CC2)CC(C(=O)NCC2C(=O)NC(C)CC2C)C1C.